The van der Waals surface area contributed by atoms with E-state index in [1.807, 2.05) is 4.99 Å². The minimum atomic E-state index is 0.670. The largest absolute Gasteiger partial charge is 0.327 e. The molecule has 1 nitrogen and oxygen atoms in total. The highest BCUT2D eigenvalue weighted by atomic mass is 79.9. The van der Waals surface area contributed by atoms with Crippen LogP contribution in [0.15, 0.2) is 10.6 Å². The zero-order chi connectivity index (χ0) is 7.28. The second-order valence-electron chi connectivity index (χ2n) is 2.57. The van der Waals surface area contributed by atoms with Crippen molar-refractivity contribution in [2.24, 2.45) is 11.7 Å². The maximum Gasteiger partial charge on any atom is 0.0145 e. The van der Waals surface area contributed by atoms with E-state index in [9.17, 15) is 0 Å². The highest BCUT2D eigenvalue weighted by Gasteiger charge is 1.96. The van der Waals surface area contributed by atoms with Gasteiger partial charge in [0.05, 0.1) is 0 Å². The van der Waals surface area contributed by atoms with Gasteiger partial charge < -0.3 is 5.73 Å². The van der Waals surface area contributed by atoms with E-state index < -0.39 is 0 Å². The monoisotopic (exact) mass is 191 g/mol. The first-order valence-electron chi connectivity index (χ1n) is 3.19. The first-order valence-corrected chi connectivity index (χ1v) is 4.10. The summed E-state index contributed by atoms with van der Waals surface area (Å²) in [5, 5.41) is 0. The van der Waals surface area contributed by atoms with Gasteiger partial charge in [-0.2, -0.15) is 0 Å². The molecule has 2 N–H and O–H groups in total. The molecule has 0 radical (unpaired) electrons. The molecule has 54 valence electrons. The molecule has 0 atom stereocenters. The molecular weight excluding hydrogens is 178 g/mol. The topological polar surface area (TPSA) is 26.0 Å². The highest BCUT2D eigenvalue weighted by molar-refractivity contribution is 9.11. The van der Waals surface area contributed by atoms with Gasteiger partial charge in [0.1, 0.15) is 0 Å². The summed E-state index contributed by atoms with van der Waals surface area (Å²) in [6, 6.07) is 0. The van der Waals surface area contributed by atoms with Gasteiger partial charge in [0.2, 0.25) is 0 Å². The van der Waals surface area contributed by atoms with Crippen LogP contribution in [-0.4, -0.2) is 6.54 Å². The number of hydrogen-bond donors (Lipinski definition) is 1. The Labute approximate surface area is 65.4 Å². The van der Waals surface area contributed by atoms with Crippen molar-refractivity contribution in [2.75, 3.05) is 6.54 Å². The lowest BCUT2D eigenvalue weighted by atomic mass is 10.1. The van der Waals surface area contributed by atoms with Crippen LogP contribution in [0.4, 0.5) is 0 Å². The van der Waals surface area contributed by atoms with Crippen LogP contribution in [0.25, 0.3) is 0 Å². The first kappa shape index (κ1) is 9.18. The van der Waals surface area contributed by atoms with Gasteiger partial charge in [-0.3, -0.25) is 0 Å². The Balaban J connectivity index is 3.58. The first-order chi connectivity index (χ1) is 4.20. The van der Waals surface area contributed by atoms with Gasteiger partial charge in [0.15, 0.2) is 0 Å². The van der Waals surface area contributed by atoms with Crippen molar-refractivity contribution in [3.63, 3.8) is 0 Å². The molecule has 0 rings (SSSR count). The molecule has 0 bridgehead atoms. The van der Waals surface area contributed by atoms with Crippen molar-refractivity contribution in [1.29, 1.82) is 0 Å². The van der Waals surface area contributed by atoms with Crippen molar-refractivity contribution in [1.82, 2.24) is 0 Å². The Kier molecular flexibility index (Phi) is 5.10. The van der Waals surface area contributed by atoms with Gasteiger partial charge in [-0.1, -0.05) is 29.8 Å². The normalized spacial score (nSPS) is 12.8. The van der Waals surface area contributed by atoms with Crippen molar-refractivity contribution in [2.45, 2.75) is 20.3 Å². The van der Waals surface area contributed by atoms with Gasteiger partial charge in [-0.05, 0) is 22.9 Å². The quantitative estimate of drug-likeness (QED) is 0.729. The number of rotatable bonds is 3. The van der Waals surface area contributed by atoms with Crippen molar-refractivity contribution < 1.29 is 0 Å². The van der Waals surface area contributed by atoms with Gasteiger partial charge in [0.25, 0.3) is 0 Å². The van der Waals surface area contributed by atoms with E-state index in [-0.39, 0.29) is 0 Å². The van der Waals surface area contributed by atoms with Crippen molar-refractivity contribution in [3.05, 3.63) is 10.6 Å². The molecule has 0 heterocycles. The molecule has 9 heavy (non-hydrogen) atoms. The van der Waals surface area contributed by atoms with Gasteiger partial charge in [-0.25, -0.2) is 0 Å². The molecule has 0 aromatic rings. The predicted molar refractivity (Wildman–Crippen MR) is 45.5 cm³/mol. The molecule has 0 aromatic heterocycles. The summed E-state index contributed by atoms with van der Waals surface area (Å²) >= 11 is 3.26. The maximum atomic E-state index is 5.43. The molecule has 0 unspecified atom stereocenters. The molecule has 2 heteroatoms. The zero-order valence-corrected chi connectivity index (χ0v) is 7.61. The Morgan fingerprint density at radius 1 is 1.67 bits per heavy atom. The van der Waals surface area contributed by atoms with Gasteiger partial charge >= 0.3 is 0 Å². The predicted octanol–water partition coefficient (Wildman–Crippen LogP) is 2.27. The number of halogens is 1. The van der Waals surface area contributed by atoms with Gasteiger partial charge in [0, 0.05) is 6.54 Å². The third kappa shape index (κ3) is 4.67. The fraction of sp³-hybridized carbons (Fsp3) is 0.714. The third-order valence-corrected chi connectivity index (χ3v) is 1.73. The molecular formula is C7H14BrN. The maximum absolute atomic E-state index is 5.43. The van der Waals surface area contributed by atoms with E-state index in [0.29, 0.717) is 12.5 Å². The second-order valence-corrected chi connectivity index (χ2v) is 3.03. The number of nitrogens with two attached hydrogens (primary N) is 1. The van der Waals surface area contributed by atoms with Crippen molar-refractivity contribution >= 4 is 15.9 Å². The van der Waals surface area contributed by atoms with Crippen LogP contribution in [0.3, 0.4) is 0 Å². The van der Waals surface area contributed by atoms with E-state index in [2.05, 4.69) is 29.8 Å². The minimum absolute atomic E-state index is 0.670. The summed E-state index contributed by atoms with van der Waals surface area (Å²) in [5.41, 5.74) is 6.72. The lowest BCUT2D eigenvalue weighted by molar-refractivity contribution is 0.636. The summed E-state index contributed by atoms with van der Waals surface area (Å²) in [7, 11) is 0. The molecule has 0 saturated carbocycles. The van der Waals surface area contributed by atoms with Crippen LogP contribution in [0.2, 0.25) is 0 Å². The van der Waals surface area contributed by atoms with E-state index in [4.69, 9.17) is 5.73 Å². The minimum Gasteiger partial charge on any atom is -0.327 e. The number of hydrogen-bond acceptors (Lipinski definition) is 1. The Hall–Kier alpha value is 0.180. The summed E-state index contributed by atoms with van der Waals surface area (Å²) < 4.78 is 0. The highest BCUT2D eigenvalue weighted by Crippen LogP contribution is 2.10. The Morgan fingerprint density at radius 3 is 2.33 bits per heavy atom. The second kappa shape index (κ2) is 5.00. The molecule has 0 saturated heterocycles. The fourth-order valence-electron chi connectivity index (χ4n) is 0.697. The molecule has 0 amide bonds. The molecule has 0 aliphatic carbocycles. The zero-order valence-electron chi connectivity index (χ0n) is 6.02. The van der Waals surface area contributed by atoms with Crippen LogP contribution in [0.1, 0.15) is 20.3 Å². The van der Waals surface area contributed by atoms with Crippen LogP contribution in [-0.2, 0) is 0 Å². The van der Waals surface area contributed by atoms with Crippen LogP contribution in [0.5, 0.6) is 0 Å². The third-order valence-electron chi connectivity index (χ3n) is 1.09. The summed E-state index contributed by atoms with van der Waals surface area (Å²) in [5.74, 6) is 0.706. The SMILES string of the molecule is CC(C)CC(=CBr)CN. The van der Waals surface area contributed by atoms with Crippen LogP contribution in [0, 0.1) is 5.92 Å². The van der Waals surface area contributed by atoms with E-state index >= 15 is 0 Å². The van der Waals surface area contributed by atoms with E-state index in [1.165, 1.54) is 5.57 Å². The van der Waals surface area contributed by atoms with E-state index in [0.717, 1.165) is 6.42 Å². The fourth-order valence-corrected chi connectivity index (χ4v) is 1.07. The average molecular weight is 192 g/mol. The van der Waals surface area contributed by atoms with Gasteiger partial charge in [-0.15, -0.1) is 0 Å². The molecule has 0 aliphatic heterocycles. The van der Waals surface area contributed by atoms with E-state index in [1.54, 1.807) is 0 Å². The Bertz CT molecular complexity index is 97.1. The van der Waals surface area contributed by atoms with Crippen LogP contribution < -0.4 is 5.73 Å². The summed E-state index contributed by atoms with van der Waals surface area (Å²) in [6.07, 6.45) is 1.10. The molecule has 0 fully saturated rings. The lowest BCUT2D eigenvalue weighted by Crippen LogP contribution is -2.04. The lowest BCUT2D eigenvalue weighted by Gasteiger charge is -2.04. The standard InChI is InChI=1S/C7H14BrN/c1-6(2)3-7(4-8)5-9/h4,6H,3,5,9H2,1-2H3. The average Bonchev–Trinajstić information content (AvgIpc) is 1.82. The smallest absolute Gasteiger partial charge is 0.0145 e. The molecule has 0 spiro atoms. The molecule has 0 aromatic carbocycles. The van der Waals surface area contributed by atoms with Crippen LogP contribution >= 0.6 is 15.9 Å². The summed E-state index contributed by atoms with van der Waals surface area (Å²) in [6.45, 7) is 5.04. The van der Waals surface area contributed by atoms with Crippen molar-refractivity contribution in [3.8, 4) is 0 Å². The Morgan fingerprint density at radius 2 is 2.22 bits per heavy atom. The molecule has 0 aliphatic rings. The summed E-state index contributed by atoms with van der Waals surface area (Å²) in [4.78, 5) is 1.92.